The molecule has 0 radical (unpaired) electrons. The number of amidine groups is 1. The van der Waals surface area contributed by atoms with E-state index in [-0.39, 0.29) is 5.54 Å². The molecule has 0 aromatic heterocycles. The summed E-state index contributed by atoms with van der Waals surface area (Å²) < 4.78 is 0. The minimum absolute atomic E-state index is 0.0346. The molecule has 4 rings (SSSR count). The van der Waals surface area contributed by atoms with E-state index in [1.54, 1.807) is 0 Å². The molecule has 130 valence electrons. The molecule has 4 heteroatoms. The molecule has 1 fully saturated rings. The number of halogens is 1. The molecule has 2 N–H and O–H groups in total. The zero-order chi connectivity index (χ0) is 17.1. The van der Waals surface area contributed by atoms with Gasteiger partial charge in [-0.1, -0.05) is 61.2 Å². The quantitative estimate of drug-likeness (QED) is 0.762. The lowest BCUT2D eigenvalue weighted by Gasteiger charge is -2.44. The summed E-state index contributed by atoms with van der Waals surface area (Å²) in [6.07, 6.45) is 6.96. The van der Waals surface area contributed by atoms with Crippen molar-refractivity contribution in [1.29, 1.82) is 0 Å². The Hall–Kier alpha value is -2.00. The van der Waals surface area contributed by atoms with Gasteiger partial charge in [0.2, 0.25) is 0 Å². The van der Waals surface area contributed by atoms with Crippen LogP contribution < -0.4 is 10.6 Å². The van der Waals surface area contributed by atoms with Crippen LogP contribution in [0, 0.1) is 0 Å². The van der Waals surface area contributed by atoms with Gasteiger partial charge in [0.25, 0.3) is 0 Å². The fraction of sp³-hybridized carbons (Fsp3) is 0.381. The van der Waals surface area contributed by atoms with Gasteiger partial charge in [0, 0.05) is 11.6 Å². The van der Waals surface area contributed by atoms with Crippen LogP contribution in [-0.2, 0) is 6.42 Å². The van der Waals surface area contributed by atoms with Crippen molar-refractivity contribution >= 4 is 28.8 Å². The summed E-state index contributed by atoms with van der Waals surface area (Å²) >= 11 is 6.28. The first-order valence-electron chi connectivity index (χ1n) is 9.19. The lowest BCUT2D eigenvalue weighted by molar-refractivity contribution is 0.403. The Kier molecular flexibility index (Phi) is 4.67. The van der Waals surface area contributed by atoms with Crippen molar-refractivity contribution in [3.05, 3.63) is 59.1 Å². The smallest absolute Gasteiger partial charge is 0.127 e. The first-order chi connectivity index (χ1) is 12.3. The number of fused-ring (bicyclic) bond motifs is 1. The molecule has 2 aliphatic rings. The second-order valence-corrected chi connectivity index (χ2v) is 7.42. The Morgan fingerprint density at radius 3 is 2.44 bits per heavy atom. The largest absolute Gasteiger partial charge is 0.371 e. The number of anilines is 2. The molecule has 0 amide bonds. The van der Waals surface area contributed by atoms with Crippen LogP contribution in [0.15, 0.2) is 53.5 Å². The van der Waals surface area contributed by atoms with Gasteiger partial charge >= 0.3 is 0 Å². The number of rotatable bonds is 3. The van der Waals surface area contributed by atoms with Gasteiger partial charge in [0.15, 0.2) is 0 Å². The zero-order valence-electron chi connectivity index (χ0n) is 14.4. The van der Waals surface area contributed by atoms with Gasteiger partial charge in [-0.3, -0.25) is 4.99 Å². The first kappa shape index (κ1) is 16.5. The van der Waals surface area contributed by atoms with E-state index in [9.17, 15) is 0 Å². The summed E-state index contributed by atoms with van der Waals surface area (Å²) in [6.45, 7) is 0.748. The van der Waals surface area contributed by atoms with Crippen LogP contribution in [0.4, 0.5) is 11.4 Å². The van der Waals surface area contributed by atoms with Crippen LogP contribution in [0.5, 0.6) is 0 Å². The highest BCUT2D eigenvalue weighted by Crippen LogP contribution is 2.39. The van der Waals surface area contributed by atoms with Gasteiger partial charge in [0.1, 0.15) is 5.84 Å². The molecule has 1 aliphatic carbocycles. The average Bonchev–Trinajstić information content (AvgIpc) is 2.64. The maximum Gasteiger partial charge on any atom is 0.127 e. The van der Waals surface area contributed by atoms with Crippen molar-refractivity contribution in [2.45, 2.75) is 44.1 Å². The molecule has 1 heterocycles. The molecule has 2 aromatic carbocycles. The molecule has 0 bridgehead atoms. The molecule has 0 unspecified atom stereocenters. The van der Waals surface area contributed by atoms with Crippen molar-refractivity contribution < 1.29 is 0 Å². The third-order valence-corrected chi connectivity index (χ3v) is 5.69. The van der Waals surface area contributed by atoms with Crippen molar-refractivity contribution in [2.24, 2.45) is 4.99 Å². The maximum atomic E-state index is 6.28. The van der Waals surface area contributed by atoms with E-state index in [0.717, 1.165) is 47.9 Å². The van der Waals surface area contributed by atoms with E-state index >= 15 is 0 Å². The minimum Gasteiger partial charge on any atom is -0.371 e. The van der Waals surface area contributed by atoms with Gasteiger partial charge in [-0.15, -0.1) is 0 Å². The third kappa shape index (κ3) is 3.38. The molecule has 25 heavy (non-hydrogen) atoms. The highest BCUT2D eigenvalue weighted by Gasteiger charge is 2.40. The Bertz CT molecular complexity index is 778. The number of nitrogens with zero attached hydrogens (tertiary/aromatic N) is 1. The normalized spacial score (nSPS) is 20.0. The Balaban J connectivity index is 1.58. The van der Waals surface area contributed by atoms with Gasteiger partial charge < -0.3 is 10.6 Å². The van der Waals surface area contributed by atoms with Crippen LogP contribution in [0.2, 0.25) is 5.02 Å². The monoisotopic (exact) mass is 353 g/mol. The molecular formula is C21H24ClN3. The number of hydrogen-bond acceptors (Lipinski definition) is 2. The van der Waals surface area contributed by atoms with Crippen molar-refractivity contribution in [3.8, 4) is 0 Å². The van der Waals surface area contributed by atoms with Crippen molar-refractivity contribution in [2.75, 3.05) is 17.2 Å². The van der Waals surface area contributed by atoms with Crippen molar-refractivity contribution in [3.63, 3.8) is 0 Å². The third-order valence-electron chi connectivity index (χ3n) is 5.32. The second-order valence-electron chi connectivity index (χ2n) is 7.01. The van der Waals surface area contributed by atoms with Crippen LogP contribution in [0.1, 0.15) is 37.7 Å². The van der Waals surface area contributed by atoms with Gasteiger partial charge in [-0.25, -0.2) is 0 Å². The zero-order valence-corrected chi connectivity index (χ0v) is 15.1. The lowest BCUT2D eigenvalue weighted by Crippen LogP contribution is -2.53. The van der Waals surface area contributed by atoms with Crippen LogP contribution in [0.3, 0.4) is 0 Å². The lowest BCUT2D eigenvalue weighted by atomic mass is 9.79. The SMILES string of the molecule is Clc1ccccc1CCN=C1Nc2ccccc2NC12CCCCC2. The van der Waals surface area contributed by atoms with Gasteiger partial charge in [-0.05, 0) is 43.0 Å². The summed E-state index contributed by atoms with van der Waals surface area (Å²) in [4.78, 5) is 4.98. The molecule has 1 saturated carbocycles. The number of nitrogens with one attached hydrogen (secondary N) is 2. The maximum absolute atomic E-state index is 6.28. The summed E-state index contributed by atoms with van der Waals surface area (Å²) in [5, 5.41) is 8.24. The fourth-order valence-electron chi connectivity index (χ4n) is 3.96. The average molecular weight is 354 g/mol. The number of aliphatic imine (C=N–C) groups is 1. The fourth-order valence-corrected chi connectivity index (χ4v) is 4.19. The Labute approximate surface area is 154 Å². The number of benzene rings is 2. The van der Waals surface area contributed by atoms with E-state index in [0.29, 0.717) is 0 Å². The first-order valence-corrected chi connectivity index (χ1v) is 9.57. The molecule has 1 spiro atoms. The second kappa shape index (κ2) is 7.09. The Morgan fingerprint density at radius 1 is 0.920 bits per heavy atom. The molecule has 0 atom stereocenters. The van der Waals surface area contributed by atoms with E-state index in [1.165, 1.54) is 24.9 Å². The number of para-hydroxylation sites is 2. The van der Waals surface area contributed by atoms with E-state index in [1.807, 2.05) is 18.2 Å². The summed E-state index contributed by atoms with van der Waals surface area (Å²) in [5.41, 5.74) is 3.44. The molecular weight excluding hydrogens is 330 g/mol. The molecule has 1 aliphatic heterocycles. The summed E-state index contributed by atoms with van der Waals surface area (Å²) in [7, 11) is 0. The summed E-state index contributed by atoms with van der Waals surface area (Å²) in [5.74, 6) is 1.10. The summed E-state index contributed by atoms with van der Waals surface area (Å²) in [6, 6.07) is 16.5. The van der Waals surface area contributed by atoms with Gasteiger partial charge in [-0.2, -0.15) is 0 Å². The standard InChI is InChI=1S/C21H24ClN3/c22-17-9-3-2-8-16(17)12-15-23-20-21(13-6-1-7-14-21)25-19-11-5-4-10-18(19)24-20/h2-5,8-11,25H,1,6-7,12-15H2,(H,23,24). The van der Waals surface area contributed by atoms with E-state index in [4.69, 9.17) is 16.6 Å². The predicted octanol–water partition coefficient (Wildman–Crippen LogP) is 5.52. The molecule has 2 aromatic rings. The number of hydrogen-bond donors (Lipinski definition) is 2. The van der Waals surface area contributed by atoms with E-state index in [2.05, 4.69) is 41.0 Å². The van der Waals surface area contributed by atoms with Crippen LogP contribution >= 0.6 is 11.6 Å². The van der Waals surface area contributed by atoms with Crippen LogP contribution in [-0.4, -0.2) is 17.9 Å². The highest BCUT2D eigenvalue weighted by molar-refractivity contribution is 6.31. The minimum atomic E-state index is -0.0346. The predicted molar refractivity (Wildman–Crippen MR) is 107 cm³/mol. The van der Waals surface area contributed by atoms with E-state index < -0.39 is 0 Å². The van der Waals surface area contributed by atoms with Gasteiger partial charge in [0.05, 0.1) is 16.9 Å². The molecule has 3 nitrogen and oxygen atoms in total. The topological polar surface area (TPSA) is 36.4 Å². The van der Waals surface area contributed by atoms with Crippen molar-refractivity contribution in [1.82, 2.24) is 0 Å². The highest BCUT2D eigenvalue weighted by atomic mass is 35.5. The Morgan fingerprint density at radius 2 is 1.64 bits per heavy atom. The van der Waals surface area contributed by atoms with Crippen LogP contribution in [0.25, 0.3) is 0 Å². The molecule has 0 saturated heterocycles.